The van der Waals surface area contributed by atoms with Gasteiger partial charge in [-0.3, -0.25) is 9.78 Å². The number of carbonyl (C=O) groups is 1. The van der Waals surface area contributed by atoms with Gasteiger partial charge in [-0.1, -0.05) is 12.1 Å². The van der Waals surface area contributed by atoms with Crippen LogP contribution < -0.4 is 9.47 Å². The summed E-state index contributed by atoms with van der Waals surface area (Å²) in [7, 11) is -3.31. The molecule has 0 atom stereocenters. The molecule has 3 aromatic rings. The molecule has 6 nitrogen and oxygen atoms in total. The molecule has 2 aromatic carbocycles. The van der Waals surface area contributed by atoms with Gasteiger partial charge in [0.2, 0.25) is 6.79 Å². The van der Waals surface area contributed by atoms with Gasteiger partial charge in [-0.25, -0.2) is 8.42 Å². The highest BCUT2D eigenvalue weighted by atomic mass is 79.9. The van der Waals surface area contributed by atoms with Crippen LogP contribution in [0.2, 0.25) is 0 Å². The first-order chi connectivity index (χ1) is 13.3. The topological polar surface area (TPSA) is 82.6 Å². The zero-order valence-electron chi connectivity index (χ0n) is 14.7. The van der Waals surface area contributed by atoms with Gasteiger partial charge < -0.3 is 9.47 Å². The van der Waals surface area contributed by atoms with Gasteiger partial charge in [0.05, 0.1) is 10.5 Å². The van der Waals surface area contributed by atoms with Gasteiger partial charge in [0.1, 0.15) is 0 Å². The van der Waals surface area contributed by atoms with Gasteiger partial charge in [0.25, 0.3) is 0 Å². The maximum atomic E-state index is 13.2. The zero-order chi connectivity index (χ0) is 19.9. The fourth-order valence-corrected chi connectivity index (χ4v) is 3.97. The molecule has 0 saturated carbocycles. The molecule has 8 heteroatoms. The summed E-state index contributed by atoms with van der Waals surface area (Å²) in [5.41, 5.74) is 2.12. The van der Waals surface area contributed by atoms with Gasteiger partial charge >= 0.3 is 0 Å². The number of fused-ring (bicyclic) bond motifs is 1. The van der Waals surface area contributed by atoms with Crippen molar-refractivity contribution in [1.82, 2.24) is 4.98 Å². The number of halogens is 1. The lowest BCUT2D eigenvalue weighted by Gasteiger charge is -2.12. The van der Waals surface area contributed by atoms with Crippen LogP contribution in [0.5, 0.6) is 11.5 Å². The minimum Gasteiger partial charge on any atom is -0.454 e. The number of pyridine rings is 1. The van der Waals surface area contributed by atoms with Gasteiger partial charge in [-0.05, 0) is 57.4 Å². The normalized spacial score (nSPS) is 12.8. The van der Waals surface area contributed by atoms with Crippen molar-refractivity contribution in [3.05, 3.63) is 70.5 Å². The van der Waals surface area contributed by atoms with E-state index in [0.29, 0.717) is 38.2 Å². The Morgan fingerprint density at radius 2 is 1.71 bits per heavy atom. The molecule has 142 valence electrons. The SMILES string of the molecule is CS(=O)(=O)c1ccc(-c2cc3c(cc2C(=O)c2cnccc2Br)OCO3)cc1. The predicted octanol–water partition coefficient (Wildman–Crippen LogP) is 3.87. The van der Waals surface area contributed by atoms with E-state index in [2.05, 4.69) is 20.9 Å². The monoisotopic (exact) mass is 459 g/mol. The maximum absolute atomic E-state index is 13.2. The molecule has 0 bridgehead atoms. The average Bonchev–Trinajstić information content (AvgIpc) is 3.14. The number of ketones is 1. The fourth-order valence-electron chi connectivity index (χ4n) is 2.94. The van der Waals surface area contributed by atoms with Crippen molar-refractivity contribution in [2.45, 2.75) is 4.90 Å². The van der Waals surface area contributed by atoms with Crippen LogP contribution in [0.3, 0.4) is 0 Å². The zero-order valence-corrected chi connectivity index (χ0v) is 17.1. The van der Waals surface area contributed by atoms with E-state index < -0.39 is 9.84 Å². The molecule has 0 spiro atoms. The number of aromatic nitrogens is 1. The molecule has 0 fully saturated rings. The Labute approximate surface area is 170 Å². The van der Waals surface area contributed by atoms with E-state index in [1.807, 2.05) is 0 Å². The summed E-state index contributed by atoms with van der Waals surface area (Å²) in [6.07, 6.45) is 4.23. The molecule has 1 aliphatic rings. The minimum atomic E-state index is -3.31. The third kappa shape index (κ3) is 3.41. The van der Waals surface area contributed by atoms with E-state index in [-0.39, 0.29) is 17.5 Å². The van der Waals surface area contributed by atoms with Crippen molar-refractivity contribution in [2.24, 2.45) is 0 Å². The Bertz CT molecular complexity index is 1190. The second-order valence-corrected chi connectivity index (χ2v) is 9.10. The van der Waals surface area contributed by atoms with Crippen LogP contribution in [-0.4, -0.2) is 32.2 Å². The maximum Gasteiger partial charge on any atom is 0.231 e. The van der Waals surface area contributed by atoms with E-state index in [9.17, 15) is 13.2 Å². The van der Waals surface area contributed by atoms with Crippen LogP contribution in [-0.2, 0) is 9.84 Å². The number of benzene rings is 2. The molecule has 4 rings (SSSR count). The molecule has 0 N–H and O–H groups in total. The summed E-state index contributed by atoms with van der Waals surface area (Å²) in [5.74, 6) is 0.782. The average molecular weight is 460 g/mol. The molecule has 28 heavy (non-hydrogen) atoms. The summed E-state index contributed by atoms with van der Waals surface area (Å²) in [5, 5.41) is 0. The third-order valence-electron chi connectivity index (χ3n) is 4.36. The summed E-state index contributed by atoms with van der Waals surface area (Å²) >= 11 is 3.39. The van der Waals surface area contributed by atoms with Crippen LogP contribution in [0.25, 0.3) is 11.1 Å². The van der Waals surface area contributed by atoms with Gasteiger partial charge in [-0.2, -0.15) is 0 Å². The van der Waals surface area contributed by atoms with E-state index >= 15 is 0 Å². The Hall–Kier alpha value is -2.71. The third-order valence-corrected chi connectivity index (χ3v) is 6.18. The number of hydrogen-bond acceptors (Lipinski definition) is 6. The van der Waals surface area contributed by atoms with Crippen molar-refractivity contribution in [3.8, 4) is 22.6 Å². The van der Waals surface area contributed by atoms with Crippen molar-refractivity contribution in [3.63, 3.8) is 0 Å². The molecular formula is C20H14BrNO5S. The molecule has 1 aromatic heterocycles. The summed E-state index contributed by atoms with van der Waals surface area (Å²) in [4.78, 5) is 17.5. The van der Waals surface area contributed by atoms with Crippen molar-refractivity contribution < 1.29 is 22.7 Å². The van der Waals surface area contributed by atoms with Crippen LogP contribution in [0.1, 0.15) is 15.9 Å². The quantitative estimate of drug-likeness (QED) is 0.550. The van der Waals surface area contributed by atoms with Crippen molar-refractivity contribution >= 4 is 31.6 Å². The molecular weight excluding hydrogens is 446 g/mol. The highest BCUT2D eigenvalue weighted by Gasteiger charge is 2.24. The lowest BCUT2D eigenvalue weighted by atomic mass is 9.94. The van der Waals surface area contributed by atoms with Crippen molar-refractivity contribution in [1.29, 1.82) is 0 Å². The number of carbonyl (C=O) groups excluding carboxylic acids is 1. The largest absolute Gasteiger partial charge is 0.454 e. The smallest absolute Gasteiger partial charge is 0.231 e. The number of nitrogens with zero attached hydrogens (tertiary/aromatic N) is 1. The first-order valence-corrected chi connectivity index (χ1v) is 10.9. The lowest BCUT2D eigenvalue weighted by molar-refractivity contribution is 0.103. The fraction of sp³-hybridized carbons (Fsp3) is 0.100. The molecule has 0 radical (unpaired) electrons. The van der Waals surface area contributed by atoms with Gasteiger partial charge in [0, 0.05) is 28.7 Å². The summed E-state index contributed by atoms with van der Waals surface area (Å²) < 4.78 is 35.0. The van der Waals surface area contributed by atoms with Crippen LogP contribution in [0.4, 0.5) is 0 Å². The van der Waals surface area contributed by atoms with Crippen molar-refractivity contribution in [2.75, 3.05) is 13.0 Å². The lowest BCUT2D eigenvalue weighted by Crippen LogP contribution is -2.05. The molecule has 1 aliphatic heterocycles. The molecule has 0 aliphatic carbocycles. The molecule has 0 saturated heterocycles. The van der Waals surface area contributed by atoms with Gasteiger partial charge in [-0.15, -0.1) is 0 Å². The number of rotatable bonds is 4. The highest BCUT2D eigenvalue weighted by Crippen LogP contribution is 2.40. The van der Waals surface area contributed by atoms with Crippen LogP contribution in [0, 0.1) is 0 Å². The Morgan fingerprint density at radius 1 is 1.04 bits per heavy atom. The van der Waals surface area contributed by atoms with E-state index in [1.165, 1.54) is 18.3 Å². The summed E-state index contributed by atoms with van der Waals surface area (Å²) in [6, 6.07) is 11.4. The van der Waals surface area contributed by atoms with E-state index in [0.717, 1.165) is 6.26 Å². The second-order valence-electron chi connectivity index (χ2n) is 6.23. The molecule has 0 unspecified atom stereocenters. The molecule has 0 amide bonds. The number of sulfone groups is 1. The molecule has 2 heterocycles. The van der Waals surface area contributed by atoms with Gasteiger partial charge in [0.15, 0.2) is 27.1 Å². The second kappa shape index (κ2) is 7.03. The predicted molar refractivity (Wildman–Crippen MR) is 106 cm³/mol. The standard InChI is InChI=1S/C20H14BrNO5S/c1-28(24,25)13-4-2-12(3-5-13)14-8-18-19(27-11-26-18)9-15(14)20(23)16-10-22-7-6-17(16)21/h2-10H,11H2,1H3. The van der Waals surface area contributed by atoms with Crippen LogP contribution >= 0.6 is 15.9 Å². The first kappa shape index (κ1) is 18.6. The summed E-state index contributed by atoms with van der Waals surface area (Å²) in [6.45, 7) is 0.0794. The number of hydrogen-bond donors (Lipinski definition) is 0. The van der Waals surface area contributed by atoms with E-state index in [4.69, 9.17) is 9.47 Å². The Balaban J connectivity index is 1.87. The Kier molecular flexibility index (Phi) is 4.68. The Morgan fingerprint density at radius 3 is 2.36 bits per heavy atom. The van der Waals surface area contributed by atoms with Crippen LogP contribution in [0.15, 0.2) is 64.2 Å². The minimum absolute atomic E-state index is 0.0794. The first-order valence-electron chi connectivity index (χ1n) is 8.23. The number of ether oxygens (including phenoxy) is 2. The highest BCUT2D eigenvalue weighted by molar-refractivity contribution is 9.10. The van der Waals surface area contributed by atoms with E-state index in [1.54, 1.807) is 36.5 Å².